The van der Waals surface area contributed by atoms with Crippen LogP contribution in [0.4, 0.5) is 0 Å². The summed E-state index contributed by atoms with van der Waals surface area (Å²) in [4.78, 5) is 16.3. The Morgan fingerprint density at radius 1 is 1.09 bits per heavy atom. The quantitative estimate of drug-likeness (QED) is 0.745. The lowest BCUT2D eigenvalue weighted by Crippen LogP contribution is -2.25. The monoisotopic (exact) mass is 311 g/mol. The van der Waals surface area contributed by atoms with Crippen molar-refractivity contribution in [3.05, 3.63) is 81.4 Å². The second-order valence-electron chi connectivity index (χ2n) is 5.04. The highest BCUT2D eigenvalue weighted by molar-refractivity contribution is 6.30. The third kappa shape index (κ3) is 3.07. The van der Waals surface area contributed by atoms with E-state index < -0.39 is 0 Å². The van der Waals surface area contributed by atoms with Crippen LogP contribution in [0.2, 0.25) is 5.02 Å². The highest BCUT2D eigenvalue weighted by atomic mass is 35.5. The van der Waals surface area contributed by atoms with Gasteiger partial charge in [0.05, 0.1) is 12.2 Å². The van der Waals surface area contributed by atoms with Crippen molar-refractivity contribution in [1.29, 1.82) is 0 Å². The Morgan fingerprint density at radius 2 is 1.77 bits per heavy atom. The number of benzene rings is 1. The van der Waals surface area contributed by atoms with E-state index in [-0.39, 0.29) is 5.56 Å². The lowest BCUT2D eigenvalue weighted by molar-refractivity contribution is 0.637. The topological polar surface area (TPSA) is 47.8 Å². The van der Waals surface area contributed by atoms with Crippen molar-refractivity contribution in [2.24, 2.45) is 0 Å². The van der Waals surface area contributed by atoms with Crippen LogP contribution in [0.1, 0.15) is 11.1 Å². The van der Waals surface area contributed by atoms with Gasteiger partial charge in [-0.05, 0) is 42.8 Å². The number of aryl methyl sites for hydroxylation is 1. The van der Waals surface area contributed by atoms with Gasteiger partial charge in [0.2, 0.25) is 0 Å². The van der Waals surface area contributed by atoms with Crippen LogP contribution in [0.5, 0.6) is 0 Å². The second kappa shape index (κ2) is 6.12. The van der Waals surface area contributed by atoms with Gasteiger partial charge in [0.15, 0.2) is 0 Å². The minimum atomic E-state index is -0.0900. The molecule has 0 fully saturated rings. The van der Waals surface area contributed by atoms with Crippen molar-refractivity contribution >= 4 is 11.6 Å². The number of rotatable bonds is 3. The maximum atomic E-state index is 12.3. The molecule has 0 aliphatic carbocycles. The molecule has 0 amide bonds. The van der Waals surface area contributed by atoms with E-state index in [1.165, 1.54) is 4.68 Å². The Balaban J connectivity index is 2.02. The molecule has 2 heterocycles. The van der Waals surface area contributed by atoms with Crippen LogP contribution >= 0.6 is 11.6 Å². The summed E-state index contributed by atoms with van der Waals surface area (Å²) in [5, 5.41) is 5.14. The van der Waals surface area contributed by atoms with Gasteiger partial charge in [0.1, 0.15) is 0 Å². The first-order valence-corrected chi connectivity index (χ1v) is 7.25. The normalized spacial score (nSPS) is 10.6. The molecular weight excluding hydrogens is 298 g/mol. The van der Waals surface area contributed by atoms with Crippen LogP contribution in [0.3, 0.4) is 0 Å². The fraction of sp³-hybridized carbons (Fsp3) is 0.118. The summed E-state index contributed by atoms with van der Waals surface area (Å²) in [6, 6.07) is 13.0. The standard InChI is InChI=1S/C17H14ClN3O/c1-12-10-16(14-6-8-19-9-7-14)20-21(17(12)22)11-13-2-4-15(18)5-3-13/h2-10H,11H2,1H3. The number of halogens is 1. The maximum absolute atomic E-state index is 12.3. The molecule has 110 valence electrons. The number of nitrogens with zero attached hydrogens (tertiary/aromatic N) is 3. The van der Waals surface area contributed by atoms with E-state index in [4.69, 9.17) is 11.6 Å². The van der Waals surface area contributed by atoms with Gasteiger partial charge < -0.3 is 0 Å². The molecular formula is C17H14ClN3O. The molecule has 0 saturated heterocycles. The molecule has 0 spiro atoms. The van der Waals surface area contributed by atoms with Gasteiger partial charge >= 0.3 is 0 Å². The molecule has 22 heavy (non-hydrogen) atoms. The summed E-state index contributed by atoms with van der Waals surface area (Å²) < 4.78 is 1.48. The zero-order chi connectivity index (χ0) is 15.5. The van der Waals surface area contributed by atoms with Crippen LogP contribution in [0.15, 0.2) is 59.7 Å². The van der Waals surface area contributed by atoms with E-state index in [0.717, 1.165) is 16.8 Å². The van der Waals surface area contributed by atoms with Crippen LogP contribution in [0, 0.1) is 6.92 Å². The summed E-state index contributed by atoms with van der Waals surface area (Å²) in [5.41, 5.74) is 3.24. The Bertz CT molecular complexity index is 842. The molecule has 0 radical (unpaired) electrons. The lowest BCUT2D eigenvalue weighted by Gasteiger charge is -2.09. The average molecular weight is 312 g/mol. The largest absolute Gasteiger partial charge is 0.270 e. The van der Waals surface area contributed by atoms with E-state index in [1.807, 2.05) is 36.4 Å². The van der Waals surface area contributed by atoms with Gasteiger partial charge in [-0.1, -0.05) is 23.7 Å². The van der Waals surface area contributed by atoms with Crippen LogP contribution in [-0.2, 0) is 6.54 Å². The Kier molecular flexibility index (Phi) is 4.02. The molecule has 0 atom stereocenters. The van der Waals surface area contributed by atoms with Gasteiger partial charge in [-0.25, -0.2) is 4.68 Å². The van der Waals surface area contributed by atoms with Crippen molar-refractivity contribution in [2.45, 2.75) is 13.5 Å². The molecule has 2 aromatic heterocycles. The molecule has 0 bridgehead atoms. The number of hydrogen-bond acceptors (Lipinski definition) is 3. The van der Waals surface area contributed by atoms with Crippen molar-refractivity contribution in [3.8, 4) is 11.3 Å². The van der Waals surface area contributed by atoms with Gasteiger partial charge in [-0.15, -0.1) is 0 Å². The van der Waals surface area contributed by atoms with Crippen LogP contribution in [0.25, 0.3) is 11.3 Å². The first-order valence-electron chi connectivity index (χ1n) is 6.87. The zero-order valence-corrected chi connectivity index (χ0v) is 12.8. The molecule has 0 N–H and O–H groups in total. The lowest BCUT2D eigenvalue weighted by atomic mass is 10.1. The summed E-state index contributed by atoms with van der Waals surface area (Å²) in [6.07, 6.45) is 3.42. The molecule has 0 saturated carbocycles. The smallest absolute Gasteiger partial charge is 0.268 e. The van der Waals surface area contributed by atoms with Crippen LogP contribution in [-0.4, -0.2) is 14.8 Å². The summed E-state index contributed by atoms with van der Waals surface area (Å²) in [7, 11) is 0. The number of aromatic nitrogens is 3. The highest BCUT2D eigenvalue weighted by Crippen LogP contribution is 2.15. The molecule has 0 aliphatic heterocycles. The molecule has 3 rings (SSSR count). The Morgan fingerprint density at radius 3 is 2.45 bits per heavy atom. The van der Waals surface area contributed by atoms with E-state index in [9.17, 15) is 4.79 Å². The molecule has 4 nitrogen and oxygen atoms in total. The van der Waals surface area contributed by atoms with Crippen molar-refractivity contribution in [2.75, 3.05) is 0 Å². The first-order chi connectivity index (χ1) is 10.6. The van der Waals surface area contributed by atoms with E-state index in [0.29, 0.717) is 17.1 Å². The average Bonchev–Trinajstić information content (AvgIpc) is 2.54. The van der Waals surface area contributed by atoms with Gasteiger partial charge in [0.25, 0.3) is 5.56 Å². The zero-order valence-electron chi connectivity index (χ0n) is 12.0. The minimum absolute atomic E-state index is 0.0900. The molecule has 0 unspecified atom stereocenters. The summed E-state index contributed by atoms with van der Waals surface area (Å²) in [5.74, 6) is 0. The molecule has 5 heteroatoms. The van der Waals surface area contributed by atoms with Gasteiger partial charge in [-0.2, -0.15) is 5.10 Å². The maximum Gasteiger partial charge on any atom is 0.270 e. The highest BCUT2D eigenvalue weighted by Gasteiger charge is 2.07. The molecule has 3 aromatic rings. The van der Waals surface area contributed by atoms with Crippen molar-refractivity contribution in [3.63, 3.8) is 0 Å². The number of hydrogen-bond donors (Lipinski definition) is 0. The SMILES string of the molecule is Cc1cc(-c2ccncc2)nn(Cc2ccc(Cl)cc2)c1=O. The molecule has 1 aromatic carbocycles. The summed E-state index contributed by atoms with van der Waals surface area (Å²) >= 11 is 5.89. The third-order valence-electron chi connectivity index (χ3n) is 3.38. The minimum Gasteiger partial charge on any atom is -0.268 e. The van der Waals surface area contributed by atoms with Gasteiger partial charge in [0, 0.05) is 28.5 Å². The van der Waals surface area contributed by atoms with Crippen molar-refractivity contribution < 1.29 is 0 Å². The predicted molar refractivity (Wildman–Crippen MR) is 87.0 cm³/mol. The fourth-order valence-electron chi connectivity index (χ4n) is 2.21. The summed E-state index contributed by atoms with van der Waals surface area (Å²) in [6.45, 7) is 2.21. The fourth-order valence-corrected chi connectivity index (χ4v) is 2.33. The number of pyridine rings is 1. The Labute approximate surface area is 133 Å². The van der Waals surface area contributed by atoms with Crippen molar-refractivity contribution in [1.82, 2.24) is 14.8 Å². The Hall–Kier alpha value is -2.46. The van der Waals surface area contributed by atoms with Gasteiger partial charge in [-0.3, -0.25) is 9.78 Å². The third-order valence-corrected chi connectivity index (χ3v) is 3.63. The van der Waals surface area contributed by atoms with Crippen LogP contribution < -0.4 is 5.56 Å². The van der Waals surface area contributed by atoms with E-state index in [1.54, 1.807) is 25.4 Å². The molecule has 0 aliphatic rings. The predicted octanol–water partition coefficient (Wildman–Crippen LogP) is 3.32. The second-order valence-corrected chi connectivity index (χ2v) is 5.47. The van der Waals surface area contributed by atoms with E-state index in [2.05, 4.69) is 10.1 Å². The van der Waals surface area contributed by atoms with E-state index >= 15 is 0 Å². The first kappa shape index (κ1) is 14.5.